The van der Waals surface area contributed by atoms with E-state index < -0.39 is 0 Å². The van der Waals surface area contributed by atoms with Crippen LogP contribution < -0.4 is 16.0 Å². The monoisotopic (exact) mass is 254 g/mol. The van der Waals surface area contributed by atoms with E-state index in [1.54, 1.807) is 12.1 Å². The average Bonchev–Trinajstić information content (AvgIpc) is 2.42. The summed E-state index contributed by atoms with van der Waals surface area (Å²) in [4.78, 5) is 0. The maximum atomic E-state index is 14.0. The minimum atomic E-state index is -0.303. The predicted molar refractivity (Wildman–Crippen MR) is 66.6 cm³/mol. The van der Waals surface area contributed by atoms with Gasteiger partial charge >= 0.3 is 0 Å². The lowest BCUT2D eigenvalue weighted by molar-refractivity contribution is 0.0381. The van der Waals surface area contributed by atoms with E-state index in [2.05, 4.69) is 5.43 Å². The van der Waals surface area contributed by atoms with E-state index >= 15 is 0 Å². The van der Waals surface area contributed by atoms with Crippen LogP contribution in [-0.4, -0.2) is 20.3 Å². The van der Waals surface area contributed by atoms with Crippen molar-refractivity contribution in [3.63, 3.8) is 0 Å². The van der Waals surface area contributed by atoms with Gasteiger partial charge in [-0.05, 0) is 25.0 Å². The topological polar surface area (TPSA) is 56.5 Å². The molecule has 1 heterocycles. The molecule has 0 radical (unpaired) electrons. The third kappa shape index (κ3) is 2.63. The van der Waals surface area contributed by atoms with Crippen molar-refractivity contribution in [2.24, 2.45) is 11.8 Å². The highest BCUT2D eigenvalue weighted by molar-refractivity contribution is 5.37. The lowest BCUT2D eigenvalue weighted by Gasteiger charge is -2.31. The van der Waals surface area contributed by atoms with Crippen molar-refractivity contribution in [1.29, 1.82) is 0 Å². The first kappa shape index (κ1) is 13.3. The van der Waals surface area contributed by atoms with Crippen molar-refractivity contribution in [3.8, 4) is 5.75 Å². The Balaban J connectivity index is 2.31. The molecule has 1 saturated heterocycles. The second kappa shape index (κ2) is 6.13. The van der Waals surface area contributed by atoms with Crippen molar-refractivity contribution in [2.75, 3.05) is 20.3 Å². The fraction of sp³-hybridized carbons (Fsp3) is 0.538. The molecule has 0 spiro atoms. The molecule has 2 unspecified atom stereocenters. The molecule has 1 aliphatic heterocycles. The molecule has 1 aliphatic rings. The fourth-order valence-electron chi connectivity index (χ4n) is 2.48. The number of hydrazine groups is 1. The van der Waals surface area contributed by atoms with Crippen LogP contribution in [0, 0.1) is 11.7 Å². The smallest absolute Gasteiger partial charge is 0.131 e. The Hall–Kier alpha value is -1.17. The van der Waals surface area contributed by atoms with Crippen LogP contribution in [0.3, 0.4) is 0 Å². The normalized spacial score (nSPS) is 21.6. The molecule has 100 valence electrons. The van der Waals surface area contributed by atoms with Gasteiger partial charge in [0.05, 0.1) is 19.8 Å². The third-order valence-electron chi connectivity index (χ3n) is 3.39. The highest BCUT2D eigenvalue weighted by atomic mass is 19.1. The van der Waals surface area contributed by atoms with Crippen molar-refractivity contribution in [2.45, 2.75) is 18.9 Å². The molecule has 0 saturated carbocycles. The largest absolute Gasteiger partial charge is 0.496 e. The van der Waals surface area contributed by atoms with Gasteiger partial charge in [-0.3, -0.25) is 11.3 Å². The molecular formula is C13H19FN2O2. The molecule has 0 amide bonds. The second-order valence-corrected chi connectivity index (χ2v) is 4.48. The summed E-state index contributed by atoms with van der Waals surface area (Å²) in [6.07, 6.45) is 1.94. The van der Waals surface area contributed by atoms with Crippen LogP contribution in [0.2, 0.25) is 0 Å². The summed E-state index contributed by atoms with van der Waals surface area (Å²) < 4.78 is 24.7. The van der Waals surface area contributed by atoms with Crippen LogP contribution in [0.1, 0.15) is 24.4 Å². The molecule has 2 rings (SSSR count). The van der Waals surface area contributed by atoms with Crippen LogP contribution in [-0.2, 0) is 4.74 Å². The van der Waals surface area contributed by atoms with Gasteiger partial charge in [-0.25, -0.2) is 4.39 Å². The second-order valence-electron chi connectivity index (χ2n) is 4.48. The Morgan fingerprint density at radius 2 is 2.39 bits per heavy atom. The first-order valence-electron chi connectivity index (χ1n) is 6.14. The molecule has 1 fully saturated rings. The summed E-state index contributed by atoms with van der Waals surface area (Å²) in [6, 6.07) is 4.50. The molecule has 1 aromatic carbocycles. The van der Waals surface area contributed by atoms with E-state index in [-0.39, 0.29) is 17.8 Å². The van der Waals surface area contributed by atoms with E-state index in [1.807, 2.05) is 0 Å². The van der Waals surface area contributed by atoms with Gasteiger partial charge in [-0.2, -0.15) is 0 Å². The zero-order valence-electron chi connectivity index (χ0n) is 10.5. The maximum absolute atomic E-state index is 14.0. The SMILES string of the molecule is COc1cccc(F)c1C(NN)C1CCCOC1. The Kier molecular flexibility index (Phi) is 4.52. The van der Waals surface area contributed by atoms with Gasteiger partial charge in [0.25, 0.3) is 0 Å². The van der Waals surface area contributed by atoms with Crippen LogP contribution in [0.4, 0.5) is 4.39 Å². The number of benzene rings is 1. The zero-order valence-corrected chi connectivity index (χ0v) is 10.5. The molecule has 4 nitrogen and oxygen atoms in total. The minimum Gasteiger partial charge on any atom is -0.496 e. The van der Waals surface area contributed by atoms with Crippen molar-refractivity contribution >= 4 is 0 Å². The van der Waals surface area contributed by atoms with Crippen molar-refractivity contribution in [3.05, 3.63) is 29.6 Å². The Bertz CT molecular complexity index is 395. The zero-order chi connectivity index (χ0) is 13.0. The quantitative estimate of drug-likeness (QED) is 0.635. The highest BCUT2D eigenvalue weighted by Crippen LogP contribution is 2.35. The minimum absolute atomic E-state index is 0.162. The maximum Gasteiger partial charge on any atom is 0.131 e. The number of nitrogens with one attached hydrogen (secondary N) is 1. The lowest BCUT2D eigenvalue weighted by atomic mass is 9.88. The molecule has 3 N–H and O–H groups in total. The molecule has 0 aliphatic carbocycles. The van der Waals surface area contributed by atoms with Crippen molar-refractivity contribution in [1.82, 2.24) is 5.43 Å². The fourth-order valence-corrected chi connectivity index (χ4v) is 2.48. The Labute approximate surface area is 106 Å². The van der Waals surface area contributed by atoms with Crippen LogP contribution in [0.15, 0.2) is 18.2 Å². The average molecular weight is 254 g/mol. The first-order valence-corrected chi connectivity index (χ1v) is 6.14. The molecule has 0 bridgehead atoms. The molecular weight excluding hydrogens is 235 g/mol. The number of halogens is 1. The van der Waals surface area contributed by atoms with Gasteiger partial charge in [0, 0.05) is 18.1 Å². The molecule has 5 heteroatoms. The highest BCUT2D eigenvalue weighted by Gasteiger charge is 2.29. The number of hydrogen-bond acceptors (Lipinski definition) is 4. The number of rotatable bonds is 4. The number of ether oxygens (including phenoxy) is 2. The van der Waals surface area contributed by atoms with E-state index in [9.17, 15) is 4.39 Å². The predicted octanol–water partition coefficient (Wildman–Crippen LogP) is 1.77. The number of nitrogens with two attached hydrogens (primary N) is 1. The van der Waals surface area contributed by atoms with Gasteiger partial charge in [0.2, 0.25) is 0 Å². The van der Waals surface area contributed by atoms with E-state index in [0.717, 1.165) is 19.4 Å². The van der Waals surface area contributed by atoms with Crippen LogP contribution in [0.5, 0.6) is 5.75 Å². The lowest BCUT2D eigenvalue weighted by Crippen LogP contribution is -2.38. The van der Waals surface area contributed by atoms with Gasteiger partial charge in [0.1, 0.15) is 11.6 Å². The molecule has 2 atom stereocenters. The van der Waals surface area contributed by atoms with Crippen molar-refractivity contribution < 1.29 is 13.9 Å². The molecule has 18 heavy (non-hydrogen) atoms. The van der Waals surface area contributed by atoms with Crippen LogP contribution in [0.25, 0.3) is 0 Å². The first-order chi connectivity index (χ1) is 8.77. The molecule has 0 aromatic heterocycles. The summed E-state index contributed by atoms with van der Waals surface area (Å²) in [7, 11) is 1.53. The standard InChI is InChI=1S/C13H19FN2O2/c1-17-11-6-2-5-10(14)12(11)13(16-15)9-4-3-7-18-8-9/h2,5-6,9,13,16H,3-4,7-8,15H2,1H3. The van der Waals surface area contributed by atoms with Gasteiger partial charge in [-0.1, -0.05) is 6.07 Å². The Morgan fingerprint density at radius 3 is 3.00 bits per heavy atom. The van der Waals surface area contributed by atoms with E-state index in [0.29, 0.717) is 17.9 Å². The van der Waals surface area contributed by atoms with Gasteiger partial charge in [0.15, 0.2) is 0 Å². The van der Waals surface area contributed by atoms with Gasteiger partial charge in [-0.15, -0.1) is 0 Å². The summed E-state index contributed by atoms with van der Waals surface area (Å²) >= 11 is 0. The summed E-state index contributed by atoms with van der Waals surface area (Å²) in [5.74, 6) is 5.98. The summed E-state index contributed by atoms with van der Waals surface area (Å²) in [5.41, 5.74) is 3.19. The number of hydrogen-bond donors (Lipinski definition) is 2. The van der Waals surface area contributed by atoms with Crippen LogP contribution >= 0.6 is 0 Å². The molecule has 1 aromatic rings. The Morgan fingerprint density at radius 1 is 1.56 bits per heavy atom. The van der Waals surface area contributed by atoms with Gasteiger partial charge < -0.3 is 9.47 Å². The van der Waals surface area contributed by atoms with E-state index in [4.69, 9.17) is 15.3 Å². The third-order valence-corrected chi connectivity index (χ3v) is 3.39. The summed E-state index contributed by atoms with van der Waals surface area (Å²) in [5, 5.41) is 0. The number of methoxy groups -OCH3 is 1. The summed E-state index contributed by atoms with van der Waals surface area (Å²) in [6.45, 7) is 1.36. The van der Waals surface area contributed by atoms with E-state index in [1.165, 1.54) is 13.2 Å².